The molecule has 3 aliphatic rings. The number of fused-ring (bicyclic) bond motifs is 2. The quantitative estimate of drug-likeness (QED) is 0.786. The average molecular weight is 269 g/mol. The fourth-order valence-electron chi connectivity index (χ4n) is 4.19. The molecule has 1 heterocycles. The summed E-state index contributed by atoms with van der Waals surface area (Å²) in [5, 5.41) is 0. The van der Waals surface area contributed by atoms with Crippen molar-refractivity contribution >= 4 is 17.4 Å². The molecule has 0 aromatic heterocycles. The first-order chi connectivity index (χ1) is 9.77. The number of hydrogen-bond donors (Lipinski definition) is 0. The second kappa shape index (κ2) is 4.44. The minimum Gasteiger partial charge on any atom is -0.311 e. The van der Waals surface area contributed by atoms with Crippen molar-refractivity contribution in [3.63, 3.8) is 0 Å². The summed E-state index contributed by atoms with van der Waals surface area (Å²) in [7, 11) is 0. The standard InChI is InChI=1S/C17H19NO2/c19-15-9-4-10-18(14-8-2-1-5-13(14)15)17(20)16-11-6-3-7-12(11)16/h1-2,5,8,11-12,16H,3-4,6-7,9-10H2. The zero-order valence-electron chi connectivity index (χ0n) is 11.5. The summed E-state index contributed by atoms with van der Waals surface area (Å²) in [4.78, 5) is 26.8. The van der Waals surface area contributed by atoms with Gasteiger partial charge in [-0.1, -0.05) is 18.6 Å². The van der Waals surface area contributed by atoms with Crippen molar-refractivity contribution in [3.05, 3.63) is 29.8 Å². The summed E-state index contributed by atoms with van der Waals surface area (Å²) in [5.41, 5.74) is 1.56. The summed E-state index contributed by atoms with van der Waals surface area (Å²) in [6.45, 7) is 0.692. The van der Waals surface area contributed by atoms with Crippen LogP contribution in [-0.2, 0) is 4.79 Å². The second-order valence-electron chi connectivity index (χ2n) is 6.32. The Hall–Kier alpha value is -1.64. The molecule has 0 saturated heterocycles. The van der Waals surface area contributed by atoms with Crippen LogP contribution in [0, 0.1) is 17.8 Å². The third-order valence-corrected chi connectivity index (χ3v) is 5.24. The van der Waals surface area contributed by atoms with Gasteiger partial charge in [0.25, 0.3) is 0 Å². The lowest BCUT2D eigenvalue weighted by molar-refractivity contribution is -0.120. The Balaban J connectivity index is 1.66. The molecular formula is C17H19NO2. The van der Waals surface area contributed by atoms with Gasteiger partial charge >= 0.3 is 0 Å². The van der Waals surface area contributed by atoms with E-state index in [-0.39, 0.29) is 17.6 Å². The molecule has 1 aromatic rings. The van der Waals surface area contributed by atoms with Crippen LogP contribution in [0.15, 0.2) is 24.3 Å². The van der Waals surface area contributed by atoms with E-state index < -0.39 is 0 Å². The maximum atomic E-state index is 12.8. The van der Waals surface area contributed by atoms with Crippen LogP contribution >= 0.6 is 0 Å². The van der Waals surface area contributed by atoms with Crippen LogP contribution in [-0.4, -0.2) is 18.2 Å². The van der Waals surface area contributed by atoms with Crippen LogP contribution in [0.3, 0.4) is 0 Å². The summed E-state index contributed by atoms with van der Waals surface area (Å²) in [6.07, 6.45) is 5.05. The van der Waals surface area contributed by atoms with Crippen LogP contribution in [0.1, 0.15) is 42.5 Å². The molecule has 1 aliphatic heterocycles. The smallest absolute Gasteiger partial charge is 0.230 e. The number of benzene rings is 1. The normalized spacial score (nSPS) is 31.5. The lowest BCUT2D eigenvalue weighted by atomic mass is 10.1. The summed E-state index contributed by atoms with van der Waals surface area (Å²) in [6, 6.07) is 7.59. The second-order valence-corrected chi connectivity index (χ2v) is 6.32. The van der Waals surface area contributed by atoms with Crippen LogP contribution in [0.5, 0.6) is 0 Å². The van der Waals surface area contributed by atoms with E-state index in [2.05, 4.69) is 0 Å². The Bertz CT molecular complexity index is 570. The highest BCUT2D eigenvalue weighted by Crippen LogP contribution is 2.58. The van der Waals surface area contributed by atoms with Gasteiger partial charge in [-0.15, -0.1) is 0 Å². The van der Waals surface area contributed by atoms with E-state index in [9.17, 15) is 9.59 Å². The molecule has 2 atom stereocenters. The Morgan fingerprint density at radius 1 is 1.10 bits per heavy atom. The van der Waals surface area contributed by atoms with Crippen molar-refractivity contribution in [2.45, 2.75) is 32.1 Å². The van der Waals surface area contributed by atoms with E-state index in [1.807, 2.05) is 29.2 Å². The van der Waals surface area contributed by atoms with Gasteiger partial charge in [-0.3, -0.25) is 9.59 Å². The predicted molar refractivity (Wildman–Crippen MR) is 76.7 cm³/mol. The number of amides is 1. The van der Waals surface area contributed by atoms with Gasteiger partial charge in [-0.2, -0.15) is 0 Å². The molecule has 4 rings (SSSR count). The first-order valence-corrected chi connectivity index (χ1v) is 7.71. The largest absolute Gasteiger partial charge is 0.311 e. The fraction of sp³-hybridized carbons (Fsp3) is 0.529. The number of rotatable bonds is 1. The molecule has 20 heavy (non-hydrogen) atoms. The maximum Gasteiger partial charge on any atom is 0.230 e. The molecule has 1 amide bonds. The first-order valence-electron chi connectivity index (χ1n) is 7.71. The third kappa shape index (κ3) is 1.72. The number of carbonyl (C=O) groups excluding carboxylic acids is 2. The number of hydrogen-bond acceptors (Lipinski definition) is 2. The third-order valence-electron chi connectivity index (χ3n) is 5.24. The van der Waals surface area contributed by atoms with Crippen molar-refractivity contribution in [2.24, 2.45) is 17.8 Å². The highest BCUT2D eigenvalue weighted by Gasteiger charge is 2.57. The van der Waals surface area contributed by atoms with Crippen LogP contribution in [0.25, 0.3) is 0 Å². The lowest BCUT2D eigenvalue weighted by Crippen LogP contribution is -2.34. The average Bonchev–Trinajstić information content (AvgIpc) is 3.02. The number of ketones is 1. The van der Waals surface area contributed by atoms with Gasteiger partial charge in [-0.05, 0) is 43.2 Å². The fourth-order valence-corrected chi connectivity index (χ4v) is 4.19. The number of carbonyl (C=O) groups is 2. The van der Waals surface area contributed by atoms with E-state index in [4.69, 9.17) is 0 Å². The molecule has 3 heteroatoms. The number of para-hydroxylation sites is 1. The van der Waals surface area contributed by atoms with Gasteiger partial charge in [0.05, 0.1) is 5.69 Å². The zero-order valence-corrected chi connectivity index (χ0v) is 11.5. The minimum atomic E-state index is 0.173. The van der Waals surface area contributed by atoms with Crippen molar-refractivity contribution in [1.29, 1.82) is 0 Å². The predicted octanol–water partition coefficient (Wildman–Crippen LogP) is 3.04. The van der Waals surface area contributed by atoms with E-state index in [1.165, 1.54) is 19.3 Å². The summed E-state index contributed by atoms with van der Waals surface area (Å²) < 4.78 is 0. The summed E-state index contributed by atoms with van der Waals surface area (Å²) >= 11 is 0. The van der Waals surface area contributed by atoms with Crippen LogP contribution in [0.2, 0.25) is 0 Å². The Morgan fingerprint density at radius 2 is 1.85 bits per heavy atom. The first kappa shape index (κ1) is 12.1. The lowest BCUT2D eigenvalue weighted by Gasteiger charge is -2.23. The van der Waals surface area contributed by atoms with Gasteiger partial charge in [0.2, 0.25) is 5.91 Å². The van der Waals surface area contributed by atoms with Crippen LogP contribution < -0.4 is 4.90 Å². The van der Waals surface area contributed by atoms with E-state index in [1.54, 1.807) is 0 Å². The molecular weight excluding hydrogens is 250 g/mol. The Labute approximate surface area is 119 Å². The number of Topliss-reactive ketones (excluding diaryl/α,β-unsaturated/α-hetero) is 1. The van der Waals surface area contributed by atoms with Gasteiger partial charge < -0.3 is 4.90 Å². The summed E-state index contributed by atoms with van der Waals surface area (Å²) in [5.74, 6) is 1.95. The molecule has 2 fully saturated rings. The van der Waals surface area contributed by atoms with Crippen molar-refractivity contribution in [3.8, 4) is 0 Å². The molecule has 0 bridgehead atoms. The number of anilines is 1. The highest BCUT2D eigenvalue weighted by molar-refractivity contribution is 6.07. The molecule has 1 aromatic carbocycles. The van der Waals surface area contributed by atoms with Gasteiger partial charge in [0.1, 0.15) is 0 Å². The monoisotopic (exact) mass is 269 g/mol. The zero-order chi connectivity index (χ0) is 13.7. The molecule has 104 valence electrons. The molecule has 2 aliphatic carbocycles. The van der Waals surface area contributed by atoms with Gasteiger partial charge in [-0.25, -0.2) is 0 Å². The van der Waals surface area contributed by atoms with E-state index >= 15 is 0 Å². The molecule has 0 radical (unpaired) electrons. The van der Waals surface area contributed by atoms with Crippen molar-refractivity contribution < 1.29 is 9.59 Å². The van der Waals surface area contributed by atoms with Crippen molar-refractivity contribution in [1.82, 2.24) is 0 Å². The minimum absolute atomic E-state index is 0.173. The van der Waals surface area contributed by atoms with Crippen molar-refractivity contribution in [2.75, 3.05) is 11.4 Å². The molecule has 3 nitrogen and oxygen atoms in total. The molecule has 0 spiro atoms. The Kier molecular flexibility index (Phi) is 2.69. The van der Waals surface area contributed by atoms with E-state index in [0.717, 1.165) is 17.7 Å². The molecule has 2 unspecified atom stereocenters. The topological polar surface area (TPSA) is 37.4 Å². The van der Waals surface area contributed by atoms with Gasteiger partial charge in [0, 0.05) is 24.4 Å². The Morgan fingerprint density at radius 3 is 2.65 bits per heavy atom. The molecule has 0 N–H and O–H groups in total. The maximum absolute atomic E-state index is 12.8. The van der Waals surface area contributed by atoms with E-state index in [0.29, 0.717) is 24.8 Å². The van der Waals surface area contributed by atoms with Crippen LogP contribution in [0.4, 0.5) is 5.69 Å². The highest BCUT2D eigenvalue weighted by atomic mass is 16.2. The SMILES string of the molecule is O=C1CCCN(C(=O)C2C3CCCC32)c2ccccc21. The number of nitrogens with zero attached hydrogens (tertiary/aromatic N) is 1. The van der Waals surface area contributed by atoms with Gasteiger partial charge in [0.15, 0.2) is 5.78 Å². The molecule has 2 saturated carbocycles.